The van der Waals surface area contributed by atoms with Gasteiger partial charge in [0.15, 0.2) is 0 Å². The van der Waals surface area contributed by atoms with Crippen molar-refractivity contribution < 1.29 is 12.3 Å². The van der Waals surface area contributed by atoms with Crippen LogP contribution in [0.5, 0.6) is 0 Å². The molecule has 0 N–H and O–H groups in total. The number of unbranched alkanes of at least 4 members (excludes halogenated alkanes) is 1. The van der Waals surface area contributed by atoms with Gasteiger partial charge in [0.2, 0.25) is 0 Å². The van der Waals surface area contributed by atoms with Gasteiger partial charge in [0.1, 0.15) is 4.16 Å². The lowest BCUT2D eigenvalue weighted by atomic mass is 10.3. The van der Waals surface area contributed by atoms with Gasteiger partial charge in [-0.2, -0.15) is 8.42 Å². The average molecular weight is 233 g/mol. The van der Waals surface area contributed by atoms with E-state index in [1.807, 2.05) is 6.92 Å². The minimum absolute atomic E-state index is 0.343. The van der Waals surface area contributed by atoms with Crippen LogP contribution in [0.1, 0.15) is 26.2 Å². The molecule has 10 heavy (non-hydrogen) atoms. The summed E-state index contributed by atoms with van der Waals surface area (Å²) >= 11 is 2.74. The molecule has 0 amide bonds. The summed E-state index contributed by atoms with van der Waals surface area (Å²) in [5, 5.41) is 0. The molecule has 0 fully saturated rings. The highest BCUT2D eigenvalue weighted by atomic mass is 79.9. The third-order valence-corrected chi connectivity index (χ3v) is 3.73. The Labute approximate surface area is 69.2 Å². The van der Waals surface area contributed by atoms with Crippen molar-refractivity contribution in [2.45, 2.75) is 30.3 Å². The van der Waals surface area contributed by atoms with Gasteiger partial charge < -0.3 is 0 Å². The van der Waals surface area contributed by atoms with Gasteiger partial charge >= 0.3 is 10.2 Å². The highest BCUT2D eigenvalue weighted by Gasteiger charge is 2.19. The van der Waals surface area contributed by atoms with E-state index in [0.717, 1.165) is 12.8 Å². The molecule has 0 heterocycles. The molecule has 0 saturated heterocycles. The number of halogens is 2. The van der Waals surface area contributed by atoms with E-state index in [1.54, 1.807) is 0 Å². The van der Waals surface area contributed by atoms with E-state index in [2.05, 4.69) is 15.9 Å². The molecule has 0 aromatic carbocycles. The normalized spacial score (nSPS) is 15.1. The van der Waals surface area contributed by atoms with Crippen molar-refractivity contribution in [2.75, 3.05) is 0 Å². The topological polar surface area (TPSA) is 34.1 Å². The largest absolute Gasteiger partial charge is 0.315 e. The van der Waals surface area contributed by atoms with Crippen LogP contribution in [0, 0.1) is 0 Å². The van der Waals surface area contributed by atoms with Gasteiger partial charge in [0.25, 0.3) is 0 Å². The van der Waals surface area contributed by atoms with Crippen molar-refractivity contribution in [3.8, 4) is 0 Å². The molecule has 0 saturated carbocycles. The molecule has 0 aromatic rings. The van der Waals surface area contributed by atoms with E-state index in [0.29, 0.717) is 6.42 Å². The fraction of sp³-hybridized carbons (Fsp3) is 1.00. The third-order valence-electron chi connectivity index (χ3n) is 1.09. The molecule has 2 nitrogen and oxygen atoms in total. The van der Waals surface area contributed by atoms with Crippen LogP contribution in [0.15, 0.2) is 0 Å². The number of hydrogen-bond acceptors (Lipinski definition) is 2. The Morgan fingerprint density at radius 1 is 1.60 bits per heavy atom. The fourth-order valence-electron chi connectivity index (χ4n) is 0.505. The fourth-order valence-corrected chi connectivity index (χ4v) is 1.28. The molecular weight excluding hydrogens is 223 g/mol. The molecule has 0 radical (unpaired) electrons. The smallest absolute Gasteiger partial charge is 0.194 e. The summed E-state index contributed by atoms with van der Waals surface area (Å²) in [5.41, 5.74) is 0. The Balaban J connectivity index is 3.75. The van der Waals surface area contributed by atoms with E-state index in [-0.39, 0.29) is 0 Å². The second-order valence-corrected chi connectivity index (χ2v) is 5.26. The maximum absolute atomic E-state index is 12.0. The molecule has 0 spiro atoms. The second-order valence-electron chi connectivity index (χ2n) is 2.03. The lowest BCUT2D eigenvalue weighted by Gasteiger charge is -2.01. The van der Waals surface area contributed by atoms with Crippen LogP contribution < -0.4 is 0 Å². The third kappa shape index (κ3) is 4.22. The first-order chi connectivity index (χ1) is 4.48. The zero-order valence-corrected chi connectivity index (χ0v) is 8.08. The highest BCUT2D eigenvalue weighted by molar-refractivity contribution is 9.11. The van der Waals surface area contributed by atoms with Crippen molar-refractivity contribution in [1.29, 1.82) is 0 Å². The molecule has 0 aromatic heterocycles. The van der Waals surface area contributed by atoms with E-state index >= 15 is 0 Å². The Bertz CT molecular complexity index is 178. The van der Waals surface area contributed by atoms with Crippen molar-refractivity contribution >= 4 is 26.2 Å². The van der Waals surface area contributed by atoms with Crippen molar-refractivity contribution in [1.82, 2.24) is 0 Å². The average Bonchev–Trinajstić information content (AvgIpc) is 1.80. The van der Waals surface area contributed by atoms with Gasteiger partial charge in [-0.25, -0.2) is 0 Å². The van der Waals surface area contributed by atoms with Crippen LogP contribution in [0.2, 0.25) is 0 Å². The van der Waals surface area contributed by atoms with Crippen LogP contribution in [-0.4, -0.2) is 12.6 Å². The Morgan fingerprint density at radius 2 is 2.10 bits per heavy atom. The highest BCUT2D eigenvalue weighted by Crippen LogP contribution is 2.17. The molecule has 0 aliphatic carbocycles. The van der Waals surface area contributed by atoms with Crippen LogP contribution in [-0.2, 0) is 10.2 Å². The van der Waals surface area contributed by atoms with Gasteiger partial charge in [0, 0.05) is 0 Å². The summed E-state index contributed by atoms with van der Waals surface area (Å²) in [7, 11) is -4.36. The number of alkyl halides is 1. The van der Waals surface area contributed by atoms with Gasteiger partial charge in [-0.1, -0.05) is 35.7 Å². The van der Waals surface area contributed by atoms with E-state index in [4.69, 9.17) is 0 Å². The SMILES string of the molecule is CCCCC(Br)S(=O)(=O)F. The standard InChI is InChI=1S/C5H10BrFO2S/c1-2-3-4-5(6)10(7,8)9/h5H,2-4H2,1H3. The number of hydrogen-bond donors (Lipinski definition) is 0. The first kappa shape index (κ1) is 10.4. The predicted octanol–water partition coefficient (Wildman–Crippen LogP) is 2.20. The quantitative estimate of drug-likeness (QED) is 0.551. The minimum Gasteiger partial charge on any atom is -0.194 e. The van der Waals surface area contributed by atoms with Gasteiger partial charge in [-0.15, -0.1) is 3.89 Å². The summed E-state index contributed by atoms with van der Waals surface area (Å²) in [5.74, 6) is 0. The molecule has 0 aliphatic heterocycles. The van der Waals surface area contributed by atoms with Gasteiger partial charge in [0.05, 0.1) is 0 Å². The summed E-state index contributed by atoms with van der Waals surface area (Å²) in [6.07, 6.45) is 1.94. The van der Waals surface area contributed by atoms with Crippen LogP contribution >= 0.6 is 15.9 Å². The lowest BCUT2D eigenvalue weighted by Crippen LogP contribution is -2.07. The first-order valence-electron chi connectivity index (χ1n) is 3.06. The van der Waals surface area contributed by atoms with Gasteiger partial charge in [-0.05, 0) is 6.42 Å². The van der Waals surface area contributed by atoms with Crippen LogP contribution in [0.4, 0.5) is 3.89 Å². The molecule has 1 unspecified atom stereocenters. The van der Waals surface area contributed by atoms with Gasteiger partial charge in [-0.3, -0.25) is 0 Å². The second kappa shape index (κ2) is 4.28. The van der Waals surface area contributed by atoms with E-state index < -0.39 is 14.4 Å². The monoisotopic (exact) mass is 232 g/mol. The maximum atomic E-state index is 12.0. The summed E-state index contributed by atoms with van der Waals surface area (Å²) in [4.78, 5) is 0. The minimum atomic E-state index is -4.36. The van der Waals surface area contributed by atoms with Crippen molar-refractivity contribution in [3.63, 3.8) is 0 Å². The zero-order chi connectivity index (χ0) is 8.20. The van der Waals surface area contributed by atoms with Crippen LogP contribution in [0.25, 0.3) is 0 Å². The molecule has 5 heteroatoms. The van der Waals surface area contributed by atoms with Crippen molar-refractivity contribution in [2.24, 2.45) is 0 Å². The summed E-state index contributed by atoms with van der Waals surface area (Å²) < 4.78 is 31.3. The summed E-state index contributed by atoms with van der Waals surface area (Å²) in [6, 6.07) is 0. The molecular formula is C5H10BrFO2S. The molecule has 0 aliphatic rings. The predicted molar refractivity (Wildman–Crippen MR) is 42.3 cm³/mol. The lowest BCUT2D eigenvalue weighted by molar-refractivity contribution is 0.543. The molecule has 62 valence electrons. The van der Waals surface area contributed by atoms with Crippen LogP contribution in [0.3, 0.4) is 0 Å². The first-order valence-corrected chi connectivity index (χ1v) is 5.42. The molecule has 0 rings (SSSR count). The van der Waals surface area contributed by atoms with E-state index in [9.17, 15) is 12.3 Å². The molecule has 0 bridgehead atoms. The Morgan fingerprint density at radius 3 is 2.40 bits per heavy atom. The van der Waals surface area contributed by atoms with Crippen molar-refractivity contribution in [3.05, 3.63) is 0 Å². The summed E-state index contributed by atoms with van der Waals surface area (Å²) in [6.45, 7) is 1.92. The molecule has 1 atom stereocenters. The maximum Gasteiger partial charge on any atom is 0.315 e. The Hall–Kier alpha value is 0.360. The zero-order valence-electron chi connectivity index (χ0n) is 5.68. The van der Waals surface area contributed by atoms with E-state index in [1.165, 1.54) is 0 Å². The number of rotatable bonds is 4. The Kier molecular flexibility index (Phi) is 4.44.